The molecular formula is C25H29N5O2S. The van der Waals surface area contributed by atoms with Crippen LogP contribution in [0.2, 0.25) is 0 Å². The van der Waals surface area contributed by atoms with Crippen LogP contribution in [0.5, 0.6) is 0 Å². The van der Waals surface area contributed by atoms with Gasteiger partial charge in [-0.15, -0.1) is 11.3 Å². The topological polar surface area (TPSA) is 77.9 Å². The minimum absolute atomic E-state index is 0.0820. The molecular weight excluding hydrogens is 434 g/mol. The van der Waals surface area contributed by atoms with Gasteiger partial charge in [0, 0.05) is 54.3 Å². The standard InChI is InChI=1S/C25H29N5O2S/c1-16-3-5-18(6-4-16)17(2)30-13-20-12-29(9-7-21(20)25(30)32)14-22-19(15-31)11-27-23(28-22)24-26-8-10-33-24/h3-6,8,10,15,17,20-21H,7,9,11-14H2,1-2H3,(H,27,28). The van der Waals surface area contributed by atoms with Crippen molar-refractivity contribution in [1.82, 2.24) is 20.1 Å². The van der Waals surface area contributed by atoms with Crippen LogP contribution in [0.4, 0.5) is 0 Å². The van der Waals surface area contributed by atoms with Crippen LogP contribution in [-0.2, 0) is 9.59 Å². The molecule has 0 spiro atoms. The fourth-order valence-electron chi connectivity index (χ4n) is 5.15. The Morgan fingerprint density at radius 3 is 2.82 bits per heavy atom. The average Bonchev–Trinajstić information content (AvgIpc) is 3.48. The minimum Gasteiger partial charge on any atom is -0.340 e. The molecule has 3 aliphatic rings. The number of piperidine rings is 1. The van der Waals surface area contributed by atoms with Crippen LogP contribution in [0.1, 0.15) is 35.5 Å². The molecule has 0 aliphatic carbocycles. The molecule has 7 nitrogen and oxygen atoms in total. The second-order valence-electron chi connectivity index (χ2n) is 9.22. The van der Waals surface area contributed by atoms with Gasteiger partial charge in [0.25, 0.3) is 0 Å². The van der Waals surface area contributed by atoms with Gasteiger partial charge >= 0.3 is 0 Å². The lowest BCUT2D eigenvalue weighted by Crippen LogP contribution is -2.44. The summed E-state index contributed by atoms with van der Waals surface area (Å²) in [5, 5.41) is 6.10. The number of nitrogens with one attached hydrogen (secondary N) is 1. The monoisotopic (exact) mass is 463 g/mol. The Balaban J connectivity index is 1.25. The van der Waals surface area contributed by atoms with Crippen molar-refractivity contribution >= 4 is 29.4 Å². The summed E-state index contributed by atoms with van der Waals surface area (Å²) in [7, 11) is 0. The van der Waals surface area contributed by atoms with E-state index in [0.29, 0.717) is 24.6 Å². The van der Waals surface area contributed by atoms with Gasteiger partial charge in [-0.25, -0.2) is 4.98 Å². The molecule has 33 heavy (non-hydrogen) atoms. The molecule has 0 bridgehead atoms. The molecule has 2 aromatic rings. The summed E-state index contributed by atoms with van der Waals surface area (Å²) in [6.45, 7) is 7.73. The molecule has 1 N–H and O–H groups in total. The Morgan fingerprint density at radius 1 is 1.27 bits per heavy atom. The Morgan fingerprint density at radius 2 is 2.09 bits per heavy atom. The molecule has 1 amide bonds. The van der Waals surface area contributed by atoms with Crippen molar-refractivity contribution in [1.29, 1.82) is 0 Å². The van der Waals surface area contributed by atoms with Gasteiger partial charge in [-0.05, 0) is 32.4 Å². The quantitative estimate of drug-likeness (QED) is 0.667. The third-order valence-corrected chi connectivity index (χ3v) is 7.88. The summed E-state index contributed by atoms with van der Waals surface area (Å²) < 4.78 is 0. The summed E-state index contributed by atoms with van der Waals surface area (Å²) in [6, 6.07) is 8.56. The highest BCUT2D eigenvalue weighted by atomic mass is 32.1. The number of carbonyl (C=O) groups is 2. The van der Waals surface area contributed by atoms with Crippen LogP contribution < -0.4 is 5.32 Å². The Hall–Kier alpha value is -2.84. The molecule has 1 aromatic carbocycles. The number of aryl methyl sites for hydroxylation is 1. The molecule has 8 heteroatoms. The van der Waals surface area contributed by atoms with Crippen LogP contribution >= 0.6 is 11.3 Å². The van der Waals surface area contributed by atoms with Crippen molar-refractivity contribution in [3.8, 4) is 0 Å². The highest BCUT2D eigenvalue weighted by Crippen LogP contribution is 2.37. The number of amides is 1. The average molecular weight is 464 g/mol. The van der Waals surface area contributed by atoms with E-state index in [1.54, 1.807) is 6.20 Å². The first-order chi connectivity index (χ1) is 16.0. The smallest absolute Gasteiger partial charge is 0.226 e. The summed E-state index contributed by atoms with van der Waals surface area (Å²) in [5.74, 6) is 1.43. The second kappa shape index (κ2) is 9.19. The van der Waals surface area contributed by atoms with Crippen LogP contribution in [-0.4, -0.2) is 65.5 Å². The number of aldehydes is 1. The molecule has 3 unspecified atom stereocenters. The van der Waals surface area contributed by atoms with E-state index in [9.17, 15) is 9.59 Å². The number of hydrogen-bond donors (Lipinski definition) is 1. The predicted molar refractivity (Wildman–Crippen MR) is 129 cm³/mol. The molecule has 4 heterocycles. The van der Waals surface area contributed by atoms with Crippen molar-refractivity contribution in [2.75, 3.05) is 32.7 Å². The first-order valence-electron chi connectivity index (χ1n) is 11.5. The lowest BCUT2D eigenvalue weighted by molar-refractivity contribution is -0.133. The zero-order chi connectivity index (χ0) is 22.9. The Kier molecular flexibility index (Phi) is 6.12. The number of nitrogens with zero attached hydrogens (tertiary/aromatic N) is 4. The van der Waals surface area contributed by atoms with Gasteiger partial charge in [-0.2, -0.15) is 0 Å². The second-order valence-corrected chi connectivity index (χ2v) is 10.1. The maximum absolute atomic E-state index is 13.2. The molecule has 172 valence electrons. The number of carbonyl (C=O) groups excluding carboxylic acids is 2. The molecule has 0 radical (unpaired) electrons. The van der Waals surface area contributed by atoms with E-state index >= 15 is 0 Å². The van der Waals surface area contributed by atoms with E-state index in [1.165, 1.54) is 22.5 Å². The summed E-state index contributed by atoms with van der Waals surface area (Å²) in [4.78, 5) is 38.1. The van der Waals surface area contributed by atoms with Crippen molar-refractivity contribution in [2.24, 2.45) is 16.8 Å². The molecule has 2 saturated heterocycles. The van der Waals surface area contributed by atoms with E-state index in [0.717, 1.165) is 48.9 Å². The maximum atomic E-state index is 13.2. The molecule has 3 atom stereocenters. The normalized spacial score (nSPS) is 24.4. The third-order valence-electron chi connectivity index (χ3n) is 7.10. The van der Waals surface area contributed by atoms with Crippen LogP contribution in [0, 0.1) is 18.8 Å². The molecule has 2 fully saturated rings. The fraction of sp³-hybridized carbons (Fsp3) is 0.440. The Labute approximate surface area is 198 Å². The van der Waals surface area contributed by atoms with Crippen molar-refractivity contribution in [3.05, 3.63) is 63.2 Å². The van der Waals surface area contributed by atoms with E-state index in [-0.39, 0.29) is 17.9 Å². The number of amidine groups is 1. The van der Waals surface area contributed by atoms with E-state index in [1.807, 2.05) is 5.38 Å². The van der Waals surface area contributed by atoms with Gasteiger partial charge in [0.1, 0.15) is 6.29 Å². The van der Waals surface area contributed by atoms with Crippen LogP contribution in [0.3, 0.4) is 0 Å². The minimum atomic E-state index is 0.0820. The predicted octanol–water partition coefficient (Wildman–Crippen LogP) is 2.80. The lowest BCUT2D eigenvalue weighted by Gasteiger charge is -2.34. The first-order valence-corrected chi connectivity index (χ1v) is 12.4. The zero-order valence-electron chi connectivity index (χ0n) is 19.0. The van der Waals surface area contributed by atoms with Gasteiger partial charge in [-0.1, -0.05) is 29.8 Å². The summed E-state index contributed by atoms with van der Waals surface area (Å²) in [5.41, 5.74) is 4.00. The summed E-state index contributed by atoms with van der Waals surface area (Å²) >= 11 is 1.53. The fourth-order valence-corrected chi connectivity index (χ4v) is 5.75. The number of fused-ring (bicyclic) bond motifs is 1. The van der Waals surface area contributed by atoms with Crippen molar-refractivity contribution < 1.29 is 9.59 Å². The summed E-state index contributed by atoms with van der Waals surface area (Å²) in [6.07, 6.45) is 3.52. The third kappa shape index (κ3) is 4.37. The van der Waals surface area contributed by atoms with Gasteiger partial charge in [0.2, 0.25) is 5.91 Å². The number of benzene rings is 1. The number of hydrogen-bond acceptors (Lipinski definition) is 7. The van der Waals surface area contributed by atoms with Crippen LogP contribution in [0.15, 0.2) is 52.1 Å². The first kappa shape index (κ1) is 22.0. The van der Waals surface area contributed by atoms with Crippen LogP contribution in [0.25, 0.3) is 0 Å². The van der Waals surface area contributed by atoms with E-state index in [4.69, 9.17) is 0 Å². The van der Waals surface area contributed by atoms with Crippen molar-refractivity contribution in [2.45, 2.75) is 26.3 Å². The van der Waals surface area contributed by atoms with Gasteiger partial charge < -0.3 is 10.2 Å². The maximum Gasteiger partial charge on any atom is 0.226 e. The van der Waals surface area contributed by atoms with Gasteiger partial charge in [0.15, 0.2) is 10.8 Å². The largest absolute Gasteiger partial charge is 0.340 e. The Bertz CT molecular complexity index is 1090. The molecule has 3 aliphatic heterocycles. The zero-order valence-corrected chi connectivity index (χ0v) is 19.8. The highest BCUT2D eigenvalue weighted by Gasteiger charge is 2.45. The van der Waals surface area contributed by atoms with Gasteiger partial charge in [-0.3, -0.25) is 19.5 Å². The van der Waals surface area contributed by atoms with Gasteiger partial charge in [0.05, 0.1) is 12.6 Å². The van der Waals surface area contributed by atoms with Crippen molar-refractivity contribution in [3.63, 3.8) is 0 Å². The number of likely N-dealkylation sites (tertiary alicyclic amines) is 2. The van der Waals surface area contributed by atoms with E-state index in [2.05, 4.69) is 63.2 Å². The number of aliphatic imine (C=N–C) groups is 1. The number of aromatic nitrogens is 1. The number of thiazole rings is 1. The molecule has 0 saturated carbocycles. The highest BCUT2D eigenvalue weighted by molar-refractivity contribution is 7.11. The van der Waals surface area contributed by atoms with E-state index < -0.39 is 0 Å². The molecule has 1 aromatic heterocycles. The SMILES string of the molecule is Cc1ccc(C(C)N2CC3CN(CC4=C(C=O)CN=C(c5nccs5)N4)CCC3C2=O)cc1. The molecule has 5 rings (SSSR count). The lowest BCUT2D eigenvalue weighted by atomic mass is 9.88. The number of rotatable bonds is 6.